The summed E-state index contributed by atoms with van der Waals surface area (Å²) in [5.74, 6) is 0.230. The van der Waals surface area contributed by atoms with Gasteiger partial charge in [-0.25, -0.2) is 0 Å². The fourth-order valence-electron chi connectivity index (χ4n) is 2.82. The molecule has 0 spiro atoms. The largest absolute Gasteiger partial charge is 0.343 e. The van der Waals surface area contributed by atoms with Crippen molar-refractivity contribution in [2.24, 2.45) is 0 Å². The fourth-order valence-corrected chi connectivity index (χ4v) is 2.82. The van der Waals surface area contributed by atoms with Gasteiger partial charge in [-0.15, -0.1) is 0 Å². The number of carbonyl (C=O) groups is 1. The van der Waals surface area contributed by atoms with E-state index in [0.29, 0.717) is 0 Å². The summed E-state index contributed by atoms with van der Waals surface area (Å²) in [7, 11) is 0. The third-order valence-corrected chi connectivity index (χ3v) is 4.12. The average molecular weight is 301 g/mol. The van der Waals surface area contributed by atoms with Gasteiger partial charge in [0.2, 0.25) is 5.91 Å². The molecule has 1 saturated carbocycles. The van der Waals surface area contributed by atoms with E-state index in [4.69, 9.17) is 0 Å². The Morgan fingerprint density at radius 2 is 1.71 bits per heavy atom. The van der Waals surface area contributed by atoms with Crippen molar-refractivity contribution in [3.05, 3.63) is 0 Å². The zero-order valence-corrected chi connectivity index (χ0v) is 14.9. The Labute approximate surface area is 134 Å². The summed E-state index contributed by atoms with van der Waals surface area (Å²) in [6.07, 6.45) is 11.5. The molecule has 1 rings (SSSR count). The standard InChI is InChI=1S/C16H32N2O.C2H6.H2/c1-3-4-13-18(15(2)19)14-9-8-12-17-16-10-6-5-7-11-16;1-2;/h16-17H,3-14H2,1-2H3;1-2H3;1H. The molecule has 0 aromatic rings. The molecular weight excluding hydrogens is 260 g/mol. The highest BCUT2D eigenvalue weighted by molar-refractivity contribution is 5.73. The molecule has 0 radical (unpaired) electrons. The molecule has 1 aliphatic carbocycles. The normalized spacial score (nSPS) is 15.2. The van der Waals surface area contributed by atoms with E-state index >= 15 is 0 Å². The van der Waals surface area contributed by atoms with E-state index in [-0.39, 0.29) is 7.33 Å². The van der Waals surface area contributed by atoms with Gasteiger partial charge in [-0.1, -0.05) is 46.5 Å². The number of hydrogen-bond acceptors (Lipinski definition) is 2. The van der Waals surface area contributed by atoms with Crippen molar-refractivity contribution in [3.63, 3.8) is 0 Å². The van der Waals surface area contributed by atoms with E-state index in [0.717, 1.165) is 44.9 Å². The highest BCUT2D eigenvalue weighted by atomic mass is 16.2. The summed E-state index contributed by atoms with van der Waals surface area (Å²) in [5, 5.41) is 3.66. The summed E-state index contributed by atoms with van der Waals surface area (Å²) < 4.78 is 0. The number of hydrogen-bond donors (Lipinski definition) is 1. The van der Waals surface area contributed by atoms with Crippen LogP contribution < -0.4 is 5.32 Å². The van der Waals surface area contributed by atoms with Crippen LogP contribution in [0.25, 0.3) is 0 Å². The predicted octanol–water partition coefficient (Wildman–Crippen LogP) is 4.61. The van der Waals surface area contributed by atoms with Crippen molar-refractivity contribution >= 4 is 5.91 Å². The third-order valence-electron chi connectivity index (χ3n) is 4.12. The van der Waals surface area contributed by atoms with Crippen LogP contribution in [0, 0.1) is 0 Å². The summed E-state index contributed by atoms with van der Waals surface area (Å²) in [6.45, 7) is 10.8. The minimum Gasteiger partial charge on any atom is -0.343 e. The van der Waals surface area contributed by atoms with Crippen molar-refractivity contribution in [2.75, 3.05) is 19.6 Å². The molecule has 0 aromatic carbocycles. The van der Waals surface area contributed by atoms with Gasteiger partial charge in [0.05, 0.1) is 0 Å². The van der Waals surface area contributed by atoms with Crippen molar-refractivity contribution in [1.82, 2.24) is 10.2 Å². The van der Waals surface area contributed by atoms with Crippen molar-refractivity contribution in [1.29, 1.82) is 0 Å². The zero-order valence-electron chi connectivity index (χ0n) is 14.9. The fraction of sp³-hybridized carbons (Fsp3) is 0.944. The lowest BCUT2D eigenvalue weighted by atomic mass is 9.95. The summed E-state index contributed by atoms with van der Waals surface area (Å²) in [5.41, 5.74) is 0. The lowest BCUT2D eigenvalue weighted by Crippen LogP contribution is -2.33. The summed E-state index contributed by atoms with van der Waals surface area (Å²) >= 11 is 0. The van der Waals surface area contributed by atoms with Gasteiger partial charge in [0.1, 0.15) is 0 Å². The summed E-state index contributed by atoms with van der Waals surface area (Å²) in [6, 6.07) is 0.762. The maximum Gasteiger partial charge on any atom is 0.219 e. The second kappa shape index (κ2) is 14.4. The number of nitrogens with one attached hydrogen (secondary N) is 1. The Balaban J connectivity index is 0. The van der Waals surface area contributed by atoms with Crippen LogP contribution in [0.2, 0.25) is 0 Å². The summed E-state index contributed by atoms with van der Waals surface area (Å²) in [4.78, 5) is 13.5. The molecule has 128 valence electrons. The van der Waals surface area contributed by atoms with Gasteiger partial charge in [-0.05, 0) is 38.6 Å². The van der Waals surface area contributed by atoms with Gasteiger partial charge in [0.25, 0.3) is 0 Å². The molecule has 0 aromatic heterocycles. The highest BCUT2D eigenvalue weighted by Gasteiger charge is 2.12. The van der Waals surface area contributed by atoms with Crippen LogP contribution in [0.5, 0.6) is 0 Å². The SMILES string of the molecule is CC.CCCCN(CCCCNC1CCCCC1)C(C)=O.[HH]. The van der Waals surface area contributed by atoms with E-state index in [1.165, 1.54) is 38.5 Å². The minimum absolute atomic E-state index is 0. The van der Waals surface area contributed by atoms with E-state index in [1.54, 1.807) is 6.92 Å². The van der Waals surface area contributed by atoms with Crippen molar-refractivity contribution in [2.45, 2.75) is 91.5 Å². The van der Waals surface area contributed by atoms with Crippen LogP contribution in [0.4, 0.5) is 0 Å². The van der Waals surface area contributed by atoms with E-state index in [2.05, 4.69) is 12.2 Å². The van der Waals surface area contributed by atoms with Crippen LogP contribution in [-0.4, -0.2) is 36.5 Å². The van der Waals surface area contributed by atoms with Gasteiger partial charge >= 0.3 is 0 Å². The minimum atomic E-state index is 0. The van der Waals surface area contributed by atoms with Crippen LogP contribution in [0.3, 0.4) is 0 Å². The van der Waals surface area contributed by atoms with Gasteiger partial charge in [0.15, 0.2) is 0 Å². The van der Waals surface area contributed by atoms with Crippen LogP contribution in [0.15, 0.2) is 0 Å². The van der Waals surface area contributed by atoms with E-state index in [9.17, 15) is 4.79 Å². The molecule has 0 aliphatic heterocycles. The molecule has 0 atom stereocenters. The van der Waals surface area contributed by atoms with E-state index in [1.807, 2.05) is 18.7 Å². The molecule has 3 heteroatoms. The number of carbonyl (C=O) groups excluding carboxylic acids is 1. The first kappa shape index (κ1) is 20.4. The first-order chi connectivity index (χ1) is 10.2. The Bertz CT molecular complexity index is 243. The first-order valence-electron chi connectivity index (χ1n) is 9.23. The first-order valence-corrected chi connectivity index (χ1v) is 9.23. The molecule has 0 heterocycles. The number of rotatable bonds is 9. The Morgan fingerprint density at radius 3 is 2.29 bits per heavy atom. The average Bonchev–Trinajstić information content (AvgIpc) is 2.52. The second-order valence-electron chi connectivity index (χ2n) is 5.86. The third kappa shape index (κ3) is 10.8. The second-order valence-corrected chi connectivity index (χ2v) is 5.86. The van der Waals surface area contributed by atoms with E-state index < -0.39 is 0 Å². The maximum absolute atomic E-state index is 11.5. The lowest BCUT2D eigenvalue weighted by Gasteiger charge is -2.23. The quantitative estimate of drug-likeness (QED) is 0.631. The highest BCUT2D eigenvalue weighted by Crippen LogP contribution is 2.17. The van der Waals surface area contributed by atoms with Crippen LogP contribution in [-0.2, 0) is 4.79 Å². The zero-order chi connectivity index (χ0) is 15.9. The lowest BCUT2D eigenvalue weighted by molar-refractivity contribution is -0.129. The molecule has 1 N–H and O–H groups in total. The molecule has 21 heavy (non-hydrogen) atoms. The molecule has 0 bridgehead atoms. The van der Waals surface area contributed by atoms with Crippen LogP contribution >= 0.6 is 0 Å². The number of amides is 1. The molecule has 1 fully saturated rings. The molecular formula is C18H40N2O. The topological polar surface area (TPSA) is 32.3 Å². The van der Waals surface area contributed by atoms with Crippen LogP contribution in [0.1, 0.15) is 86.9 Å². The van der Waals surface area contributed by atoms with Gasteiger partial charge in [-0.2, -0.15) is 0 Å². The van der Waals surface area contributed by atoms with Gasteiger partial charge < -0.3 is 10.2 Å². The van der Waals surface area contributed by atoms with Crippen molar-refractivity contribution in [3.8, 4) is 0 Å². The maximum atomic E-state index is 11.5. The number of unbranched alkanes of at least 4 members (excludes halogenated alkanes) is 2. The Hall–Kier alpha value is -0.570. The molecule has 0 saturated heterocycles. The Kier molecular flexibility index (Phi) is 14.0. The van der Waals surface area contributed by atoms with Crippen molar-refractivity contribution < 1.29 is 6.22 Å². The molecule has 0 unspecified atom stereocenters. The smallest absolute Gasteiger partial charge is 0.219 e. The van der Waals surface area contributed by atoms with Gasteiger partial charge in [-0.3, -0.25) is 4.79 Å². The predicted molar refractivity (Wildman–Crippen MR) is 94.7 cm³/mol. The Morgan fingerprint density at radius 1 is 1.10 bits per heavy atom. The molecule has 1 amide bonds. The molecule has 3 nitrogen and oxygen atoms in total. The molecule has 1 aliphatic rings. The number of nitrogens with zero attached hydrogens (tertiary/aromatic N) is 1. The monoisotopic (exact) mass is 300 g/mol. The van der Waals surface area contributed by atoms with Gasteiger partial charge in [0, 0.05) is 27.5 Å².